The SMILES string of the molecule is CCOC(=O)C(C)(C)C(=O)CSc1cc(Cl)ccc1Cl. The number of ether oxygens (including phenoxy) is 1. The maximum Gasteiger partial charge on any atom is 0.319 e. The molecule has 1 rings (SSSR count). The maximum absolute atomic E-state index is 12.2. The molecule has 1 aromatic rings. The second-order valence-electron chi connectivity index (χ2n) is 4.63. The molecule has 110 valence electrons. The molecule has 0 aromatic heterocycles. The van der Waals surface area contributed by atoms with Crippen LogP contribution in [0.3, 0.4) is 0 Å². The van der Waals surface area contributed by atoms with Crippen molar-refractivity contribution in [3.63, 3.8) is 0 Å². The van der Waals surface area contributed by atoms with Gasteiger partial charge >= 0.3 is 5.97 Å². The Labute approximate surface area is 133 Å². The molecule has 3 nitrogen and oxygen atoms in total. The Morgan fingerprint density at radius 1 is 1.30 bits per heavy atom. The van der Waals surface area contributed by atoms with Gasteiger partial charge in [-0.25, -0.2) is 0 Å². The molecule has 0 radical (unpaired) electrons. The third-order valence-corrected chi connectivity index (χ3v) is 4.47. The molecular formula is C14H16Cl2O3S. The number of ketones is 1. The molecule has 6 heteroatoms. The number of halogens is 2. The van der Waals surface area contributed by atoms with E-state index in [2.05, 4.69) is 0 Å². The number of esters is 1. The van der Waals surface area contributed by atoms with Crippen molar-refractivity contribution >= 4 is 46.7 Å². The van der Waals surface area contributed by atoms with E-state index in [4.69, 9.17) is 27.9 Å². The molecule has 1 aromatic carbocycles. The van der Waals surface area contributed by atoms with E-state index >= 15 is 0 Å². The zero-order chi connectivity index (χ0) is 15.3. The van der Waals surface area contributed by atoms with E-state index in [1.807, 2.05) is 0 Å². The van der Waals surface area contributed by atoms with Gasteiger partial charge in [0, 0.05) is 9.92 Å². The standard InChI is InChI=1S/C14H16Cl2O3S/c1-4-19-13(18)14(2,3)12(17)8-20-11-7-9(15)5-6-10(11)16/h5-7H,4,8H2,1-3H3. The highest BCUT2D eigenvalue weighted by molar-refractivity contribution is 8.00. The molecule has 0 aliphatic rings. The second kappa shape index (κ2) is 7.34. The molecule has 0 amide bonds. The Morgan fingerprint density at radius 2 is 1.95 bits per heavy atom. The third-order valence-electron chi connectivity index (χ3n) is 2.73. The maximum atomic E-state index is 12.2. The van der Waals surface area contributed by atoms with Crippen molar-refractivity contribution in [2.24, 2.45) is 5.41 Å². The summed E-state index contributed by atoms with van der Waals surface area (Å²) < 4.78 is 4.91. The lowest BCUT2D eigenvalue weighted by Crippen LogP contribution is -2.36. The predicted molar refractivity (Wildman–Crippen MR) is 82.6 cm³/mol. The van der Waals surface area contributed by atoms with Crippen LogP contribution in [0.2, 0.25) is 10.0 Å². The Kier molecular flexibility index (Phi) is 6.37. The van der Waals surface area contributed by atoms with Crippen LogP contribution in [0.15, 0.2) is 23.1 Å². The lowest BCUT2D eigenvalue weighted by molar-refractivity contribution is -0.157. The van der Waals surface area contributed by atoms with E-state index < -0.39 is 11.4 Å². The van der Waals surface area contributed by atoms with E-state index in [1.165, 1.54) is 11.8 Å². The predicted octanol–water partition coefficient (Wildman–Crippen LogP) is 4.24. The van der Waals surface area contributed by atoms with Gasteiger partial charge < -0.3 is 4.74 Å². The number of rotatable bonds is 6. The number of hydrogen-bond donors (Lipinski definition) is 0. The Bertz CT molecular complexity index is 515. The largest absolute Gasteiger partial charge is 0.465 e. The minimum atomic E-state index is -1.16. The van der Waals surface area contributed by atoms with Crippen LogP contribution in [0.25, 0.3) is 0 Å². The van der Waals surface area contributed by atoms with E-state index in [1.54, 1.807) is 39.0 Å². The first-order valence-corrected chi connectivity index (χ1v) is 7.81. The molecule has 0 aliphatic heterocycles. The summed E-state index contributed by atoms with van der Waals surface area (Å²) in [6, 6.07) is 5.05. The van der Waals surface area contributed by atoms with Gasteiger partial charge in [-0.05, 0) is 39.0 Å². The molecule has 0 saturated heterocycles. The second-order valence-corrected chi connectivity index (χ2v) is 6.49. The van der Waals surface area contributed by atoms with Gasteiger partial charge in [-0.3, -0.25) is 9.59 Å². The van der Waals surface area contributed by atoms with Crippen molar-refractivity contribution in [1.82, 2.24) is 0 Å². The van der Waals surface area contributed by atoms with E-state index in [9.17, 15) is 9.59 Å². The zero-order valence-corrected chi connectivity index (χ0v) is 13.9. The number of benzene rings is 1. The highest BCUT2D eigenvalue weighted by atomic mass is 35.5. The molecule has 0 fully saturated rings. The van der Waals surface area contributed by atoms with Gasteiger partial charge in [-0.2, -0.15) is 0 Å². The smallest absolute Gasteiger partial charge is 0.319 e. The fourth-order valence-corrected chi connectivity index (χ4v) is 2.92. The van der Waals surface area contributed by atoms with Crippen LogP contribution < -0.4 is 0 Å². The van der Waals surface area contributed by atoms with Crippen LogP contribution in [-0.2, 0) is 14.3 Å². The summed E-state index contributed by atoms with van der Waals surface area (Å²) in [5.74, 6) is -0.592. The van der Waals surface area contributed by atoms with Crippen LogP contribution in [0.4, 0.5) is 0 Å². The summed E-state index contributed by atoms with van der Waals surface area (Å²) in [5, 5.41) is 1.08. The molecule has 0 saturated carbocycles. The van der Waals surface area contributed by atoms with E-state index in [-0.39, 0.29) is 18.1 Å². The van der Waals surface area contributed by atoms with Gasteiger partial charge in [0.2, 0.25) is 0 Å². The lowest BCUT2D eigenvalue weighted by atomic mass is 9.89. The van der Waals surface area contributed by atoms with Crippen molar-refractivity contribution in [2.75, 3.05) is 12.4 Å². The first-order valence-electron chi connectivity index (χ1n) is 6.07. The Balaban J connectivity index is 2.71. The molecule has 20 heavy (non-hydrogen) atoms. The van der Waals surface area contributed by atoms with Crippen molar-refractivity contribution < 1.29 is 14.3 Å². The molecule has 0 unspecified atom stereocenters. The summed E-state index contributed by atoms with van der Waals surface area (Å²) in [7, 11) is 0. The minimum absolute atomic E-state index is 0.131. The molecule has 0 heterocycles. The van der Waals surface area contributed by atoms with Crippen molar-refractivity contribution in [3.8, 4) is 0 Å². The zero-order valence-electron chi connectivity index (χ0n) is 11.5. The quantitative estimate of drug-likeness (QED) is 0.443. The third kappa shape index (κ3) is 4.40. The van der Waals surface area contributed by atoms with Gasteiger partial charge in [0.15, 0.2) is 5.78 Å². The van der Waals surface area contributed by atoms with Crippen LogP contribution in [-0.4, -0.2) is 24.1 Å². The Hall–Kier alpha value is -0.710. The summed E-state index contributed by atoms with van der Waals surface area (Å²) in [6.45, 7) is 5.09. The number of carbonyl (C=O) groups excluding carboxylic acids is 2. The lowest BCUT2D eigenvalue weighted by Gasteiger charge is -2.20. The normalized spacial score (nSPS) is 11.2. The summed E-state index contributed by atoms with van der Waals surface area (Å²) in [4.78, 5) is 24.6. The number of Topliss-reactive ketones (excluding diaryl/α,β-unsaturated/α-hetero) is 1. The van der Waals surface area contributed by atoms with Gasteiger partial charge in [-0.1, -0.05) is 23.2 Å². The summed E-state index contributed by atoms with van der Waals surface area (Å²) in [5.41, 5.74) is -1.16. The highest BCUT2D eigenvalue weighted by Crippen LogP contribution is 2.31. The monoisotopic (exact) mass is 334 g/mol. The first kappa shape index (κ1) is 17.3. The van der Waals surface area contributed by atoms with Crippen LogP contribution in [0.5, 0.6) is 0 Å². The summed E-state index contributed by atoms with van der Waals surface area (Å²) >= 11 is 13.2. The summed E-state index contributed by atoms with van der Waals surface area (Å²) in [6.07, 6.45) is 0. The average Bonchev–Trinajstić information content (AvgIpc) is 2.39. The number of hydrogen-bond acceptors (Lipinski definition) is 4. The molecule has 0 spiro atoms. The Morgan fingerprint density at radius 3 is 2.55 bits per heavy atom. The average molecular weight is 335 g/mol. The van der Waals surface area contributed by atoms with Crippen molar-refractivity contribution in [2.45, 2.75) is 25.7 Å². The number of thioether (sulfide) groups is 1. The van der Waals surface area contributed by atoms with Crippen LogP contribution in [0, 0.1) is 5.41 Å². The number of carbonyl (C=O) groups is 2. The fourth-order valence-electron chi connectivity index (χ4n) is 1.34. The van der Waals surface area contributed by atoms with Gasteiger partial charge in [0.1, 0.15) is 5.41 Å². The fraction of sp³-hybridized carbons (Fsp3) is 0.429. The van der Waals surface area contributed by atoms with Crippen LogP contribution in [0.1, 0.15) is 20.8 Å². The molecule has 0 N–H and O–H groups in total. The first-order chi connectivity index (χ1) is 9.28. The topological polar surface area (TPSA) is 43.4 Å². The minimum Gasteiger partial charge on any atom is -0.465 e. The van der Waals surface area contributed by atoms with E-state index in [0.717, 1.165) is 0 Å². The molecule has 0 atom stereocenters. The van der Waals surface area contributed by atoms with E-state index in [0.29, 0.717) is 14.9 Å². The van der Waals surface area contributed by atoms with Gasteiger partial charge in [0.05, 0.1) is 17.4 Å². The van der Waals surface area contributed by atoms with Gasteiger partial charge in [-0.15, -0.1) is 11.8 Å². The molecule has 0 aliphatic carbocycles. The highest BCUT2D eigenvalue weighted by Gasteiger charge is 2.36. The van der Waals surface area contributed by atoms with Crippen molar-refractivity contribution in [3.05, 3.63) is 28.2 Å². The van der Waals surface area contributed by atoms with Crippen molar-refractivity contribution in [1.29, 1.82) is 0 Å². The van der Waals surface area contributed by atoms with Gasteiger partial charge in [0.25, 0.3) is 0 Å². The molecular weight excluding hydrogens is 319 g/mol. The molecule has 0 bridgehead atoms. The van der Waals surface area contributed by atoms with Crippen LogP contribution >= 0.6 is 35.0 Å².